The number of hydrogen-bond donors (Lipinski definition) is 1. The van der Waals surface area contributed by atoms with Crippen molar-refractivity contribution < 1.29 is 0 Å². The maximum Gasteiger partial charge on any atom is 0.349 e. The van der Waals surface area contributed by atoms with Crippen LogP contribution in [0.1, 0.15) is 19.3 Å². The van der Waals surface area contributed by atoms with Gasteiger partial charge in [-0.15, -0.1) is 0 Å². The predicted molar refractivity (Wildman–Crippen MR) is 83.7 cm³/mol. The van der Waals surface area contributed by atoms with E-state index in [9.17, 15) is 4.79 Å². The van der Waals surface area contributed by atoms with Crippen LogP contribution < -0.4 is 11.0 Å². The Bertz CT molecular complexity index is 718. The minimum Gasteiger partial charge on any atom is -0.365 e. The molecule has 0 aliphatic carbocycles. The number of likely N-dealkylation sites (tertiary alicyclic amines) is 1. The number of benzene rings is 1. The summed E-state index contributed by atoms with van der Waals surface area (Å²) < 4.78 is 1.79. The third-order valence-corrected chi connectivity index (χ3v) is 4.55. The number of aromatic nitrogens is 2. The van der Waals surface area contributed by atoms with E-state index in [1.54, 1.807) is 4.57 Å². The standard InChI is InChI=1S/C16H20N4O/c21-16-18-14-7-3-2-6-13(14)15-17-12(11-20(15)16)10-19-8-4-1-5-9-19/h2-3,6-7,12,17H,1,4-5,8-11H2. The lowest BCUT2D eigenvalue weighted by molar-refractivity contribution is 0.218. The zero-order valence-corrected chi connectivity index (χ0v) is 12.1. The molecule has 21 heavy (non-hydrogen) atoms. The Hall–Kier alpha value is -1.88. The summed E-state index contributed by atoms with van der Waals surface area (Å²) in [5.74, 6) is 0.938. The second-order valence-electron chi connectivity index (χ2n) is 6.07. The van der Waals surface area contributed by atoms with E-state index in [-0.39, 0.29) is 5.69 Å². The lowest BCUT2D eigenvalue weighted by atomic mass is 10.1. The summed E-state index contributed by atoms with van der Waals surface area (Å²) in [5, 5.41) is 4.59. The average molecular weight is 284 g/mol. The van der Waals surface area contributed by atoms with E-state index < -0.39 is 0 Å². The van der Waals surface area contributed by atoms with Gasteiger partial charge in [-0.3, -0.25) is 4.57 Å². The molecule has 2 aliphatic rings. The Balaban J connectivity index is 1.62. The van der Waals surface area contributed by atoms with Gasteiger partial charge in [0.25, 0.3) is 0 Å². The molecule has 0 radical (unpaired) electrons. The number of nitrogens with zero attached hydrogens (tertiary/aromatic N) is 3. The lowest BCUT2D eigenvalue weighted by Crippen LogP contribution is -2.39. The summed E-state index contributed by atoms with van der Waals surface area (Å²) >= 11 is 0. The molecule has 1 saturated heterocycles. The molecule has 110 valence electrons. The molecule has 1 aromatic carbocycles. The third-order valence-electron chi connectivity index (χ3n) is 4.55. The van der Waals surface area contributed by atoms with Crippen molar-refractivity contribution in [1.29, 1.82) is 0 Å². The Kier molecular flexibility index (Phi) is 3.15. The third kappa shape index (κ3) is 2.31. The molecule has 1 aromatic heterocycles. The van der Waals surface area contributed by atoms with Crippen molar-refractivity contribution in [2.45, 2.75) is 31.8 Å². The highest BCUT2D eigenvalue weighted by Crippen LogP contribution is 2.25. The van der Waals surface area contributed by atoms with Crippen LogP contribution >= 0.6 is 0 Å². The van der Waals surface area contributed by atoms with Crippen LogP contribution in [0.5, 0.6) is 0 Å². The van der Waals surface area contributed by atoms with Crippen LogP contribution in [-0.2, 0) is 6.54 Å². The molecule has 0 saturated carbocycles. The van der Waals surface area contributed by atoms with Crippen LogP contribution in [0, 0.1) is 0 Å². The summed E-state index contributed by atoms with van der Waals surface area (Å²) in [6, 6.07) is 8.16. The number of rotatable bonds is 2. The van der Waals surface area contributed by atoms with E-state index in [0.29, 0.717) is 6.04 Å². The maximum atomic E-state index is 12.2. The number of hydrogen-bond acceptors (Lipinski definition) is 4. The van der Waals surface area contributed by atoms with Crippen LogP contribution in [0.3, 0.4) is 0 Å². The molecule has 0 amide bonds. The summed E-state index contributed by atoms with van der Waals surface area (Å²) in [4.78, 5) is 18.9. The van der Waals surface area contributed by atoms with E-state index in [4.69, 9.17) is 0 Å². The summed E-state index contributed by atoms with van der Waals surface area (Å²) in [6.45, 7) is 4.10. The van der Waals surface area contributed by atoms with Crippen molar-refractivity contribution >= 4 is 16.7 Å². The maximum absolute atomic E-state index is 12.2. The van der Waals surface area contributed by atoms with Gasteiger partial charge in [0.2, 0.25) is 0 Å². The summed E-state index contributed by atoms with van der Waals surface area (Å²) in [5.41, 5.74) is 0.636. The van der Waals surface area contributed by atoms with Crippen molar-refractivity contribution in [2.75, 3.05) is 25.0 Å². The van der Waals surface area contributed by atoms with E-state index >= 15 is 0 Å². The van der Waals surface area contributed by atoms with E-state index in [1.165, 1.54) is 32.4 Å². The van der Waals surface area contributed by atoms with Crippen molar-refractivity contribution in [1.82, 2.24) is 14.5 Å². The number of anilines is 1. The van der Waals surface area contributed by atoms with Crippen LogP contribution in [0.15, 0.2) is 29.1 Å². The van der Waals surface area contributed by atoms with Gasteiger partial charge in [0.1, 0.15) is 5.82 Å². The van der Waals surface area contributed by atoms with Crippen LogP contribution in [0.2, 0.25) is 0 Å². The lowest BCUT2D eigenvalue weighted by Gasteiger charge is -2.28. The van der Waals surface area contributed by atoms with Gasteiger partial charge < -0.3 is 10.2 Å². The topological polar surface area (TPSA) is 50.2 Å². The monoisotopic (exact) mass is 284 g/mol. The molecule has 1 unspecified atom stereocenters. The first-order chi connectivity index (χ1) is 10.3. The normalized spacial score (nSPS) is 22.2. The Morgan fingerprint density at radius 3 is 2.86 bits per heavy atom. The van der Waals surface area contributed by atoms with Gasteiger partial charge >= 0.3 is 5.69 Å². The number of fused-ring (bicyclic) bond motifs is 3. The van der Waals surface area contributed by atoms with Crippen LogP contribution in [0.4, 0.5) is 5.82 Å². The van der Waals surface area contributed by atoms with Gasteiger partial charge in [0, 0.05) is 11.9 Å². The molecule has 0 spiro atoms. The first-order valence-electron chi connectivity index (χ1n) is 7.80. The van der Waals surface area contributed by atoms with Gasteiger partial charge in [0.05, 0.1) is 18.1 Å². The fourth-order valence-electron chi connectivity index (χ4n) is 3.52. The molecule has 0 bridgehead atoms. The largest absolute Gasteiger partial charge is 0.365 e. The van der Waals surface area contributed by atoms with Crippen molar-refractivity contribution in [3.8, 4) is 0 Å². The minimum atomic E-state index is -0.141. The Morgan fingerprint density at radius 2 is 2.00 bits per heavy atom. The molecule has 4 rings (SSSR count). The van der Waals surface area contributed by atoms with Crippen molar-refractivity contribution in [2.24, 2.45) is 0 Å². The molecule has 3 heterocycles. The molecule has 1 N–H and O–H groups in total. The first kappa shape index (κ1) is 12.8. The fourth-order valence-corrected chi connectivity index (χ4v) is 3.52. The number of nitrogens with one attached hydrogen (secondary N) is 1. The summed E-state index contributed by atoms with van der Waals surface area (Å²) in [7, 11) is 0. The average Bonchev–Trinajstić information content (AvgIpc) is 2.93. The van der Waals surface area contributed by atoms with Gasteiger partial charge in [-0.25, -0.2) is 4.79 Å². The molecule has 5 heteroatoms. The van der Waals surface area contributed by atoms with Crippen molar-refractivity contribution in [3.05, 3.63) is 34.7 Å². The molecule has 1 atom stereocenters. The van der Waals surface area contributed by atoms with E-state index in [1.807, 2.05) is 24.3 Å². The zero-order chi connectivity index (χ0) is 14.2. The number of para-hydroxylation sites is 1. The summed E-state index contributed by atoms with van der Waals surface area (Å²) in [6.07, 6.45) is 3.94. The highest BCUT2D eigenvalue weighted by atomic mass is 16.1. The smallest absolute Gasteiger partial charge is 0.349 e. The van der Waals surface area contributed by atoms with Gasteiger partial charge in [0.15, 0.2) is 0 Å². The highest BCUT2D eigenvalue weighted by Gasteiger charge is 2.26. The highest BCUT2D eigenvalue weighted by molar-refractivity contribution is 5.89. The zero-order valence-electron chi connectivity index (χ0n) is 12.1. The van der Waals surface area contributed by atoms with E-state index in [0.717, 1.165) is 29.8 Å². The second kappa shape index (κ2) is 5.15. The molecule has 1 fully saturated rings. The quantitative estimate of drug-likeness (QED) is 0.911. The molecule has 2 aromatic rings. The second-order valence-corrected chi connectivity index (χ2v) is 6.07. The molecular formula is C16H20N4O. The minimum absolute atomic E-state index is 0.141. The van der Waals surface area contributed by atoms with Gasteiger partial charge in [-0.05, 0) is 38.1 Å². The number of piperidine rings is 1. The molecule has 2 aliphatic heterocycles. The Labute approximate surface area is 123 Å². The fraction of sp³-hybridized carbons (Fsp3) is 0.500. The first-order valence-corrected chi connectivity index (χ1v) is 7.80. The van der Waals surface area contributed by atoms with Crippen LogP contribution in [-0.4, -0.2) is 40.1 Å². The van der Waals surface area contributed by atoms with Crippen LogP contribution in [0.25, 0.3) is 10.9 Å². The SMILES string of the molecule is O=c1nc2ccccc2c2n1CC(CN1CCCCC1)N2. The van der Waals surface area contributed by atoms with Gasteiger partial charge in [-0.2, -0.15) is 4.98 Å². The van der Waals surface area contributed by atoms with Gasteiger partial charge in [-0.1, -0.05) is 18.6 Å². The predicted octanol–water partition coefficient (Wildman–Crippen LogP) is 1.68. The molecule has 5 nitrogen and oxygen atoms in total. The van der Waals surface area contributed by atoms with Crippen molar-refractivity contribution in [3.63, 3.8) is 0 Å². The Morgan fingerprint density at radius 1 is 1.19 bits per heavy atom. The van der Waals surface area contributed by atoms with E-state index in [2.05, 4.69) is 15.2 Å². The molecular weight excluding hydrogens is 264 g/mol.